The van der Waals surface area contributed by atoms with Crippen LogP contribution in [0.3, 0.4) is 0 Å². The highest BCUT2D eigenvalue weighted by atomic mass is 16.5. The summed E-state index contributed by atoms with van der Waals surface area (Å²) in [5, 5.41) is 3.51. The maximum absolute atomic E-state index is 6.46. The van der Waals surface area contributed by atoms with Crippen LogP contribution < -0.4 is 9.47 Å². The molecule has 0 N–H and O–H groups in total. The smallest absolute Gasteiger partial charge is 0.135 e. The molecule has 61 heavy (non-hydrogen) atoms. The maximum atomic E-state index is 6.46. The molecule has 4 nitrogen and oxygen atoms in total. The molecule has 0 fully saturated rings. The minimum Gasteiger partial charge on any atom is -0.494 e. The Morgan fingerprint density at radius 1 is 0.508 bits per heavy atom. The summed E-state index contributed by atoms with van der Waals surface area (Å²) in [6.07, 6.45) is 11.0. The van der Waals surface area contributed by atoms with Crippen molar-refractivity contribution in [3.8, 4) is 50.6 Å². The zero-order chi connectivity index (χ0) is 42.3. The number of aromatic nitrogens is 1. The molecule has 4 heteroatoms. The van der Waals surface area contributed by atoms with Gasteiger partial charge in [-0.1, -0.05) is 121 Å². The maximum Gasteiger partial charge on any atom is 0.135 e. The van der Waals surface area contributed by atoms with E-state index in [2.05, 4.69) is 174 Å². The number of nitrogens with zero attached hydrogens (tertiary/aromatic N) is 1. The monoisotopic (exact) mass is 809 g/mol. The summed E-state index contributed by atoms with van der Waals surface area (Å²) < 4.78 is 21.4. The quantitative estimate of drug-likeness (QED) is 0.0816. The lowest BCUT2D eigenvalue weighted by atomic mass is 9.92. The fourth-order valence-electron chi connectivity index (χ4n) is 9.06. The standard InChI is InChI=1S/C57H63NO3/c1-7-11-15-41(9-3)31-32-59-50-25-19-43(20-26-50)46-33-47(44-21-27-51(28-22-44)60-38-42(10-4)16-12-8-2)35-48(34-46)45-23-29-56-53(36-45)54-37-49(24-30-57(54)61-56)58-40(6)39(5)52-17-13-14-18-55(52)58/h13-14,17-30,33-37,41-42H,7-12,15-16,31-32,38H2,1-6H3. The van der Waals surface area contributed by atoms with Crippen LogP contribution in [0.25, 0.3) is 71.9 Å². The fourth-order valence-corrected chi connectivity index (χ4v) is 9.06. The number of unbranched alkanes of at least 4 members (excludes halogenated alkanes) is 2. The predicted molar refractivity (Wildman–Crippen MR) is 259 cm³/mol. The van der Waals surface area contributed by atoms with Crippen molar-refractivity contribution < 1.29 is 13.9 Å². The third-order valence-corrected chi connectivity index (χ3v) is 13.1. The normalized spacial score (nSPS) is 12.7. The number of ether oxygens (including phenoxy) is 2. The fraction of sp³-hybridized carbons (Fsp3) is 0.333. The lowest BCUT2D eigenvalue weighted by Gasteiger charge is -2.16. The topological polar surface area (TPSA) is 36.5 Å². The molecule has 2 atom stereocenters. The van der Waals surface area contributed by atoms with E-state index in [1.807, 2.05) is 0 Å². The van der Waals surface area contributed by atoms with E-state index in [1.165, 1.54) is 67.1 Å². The van der Waals surface area contributed by atoms with Gasteiger partial charge in [0.25, 0.3) is 0 Å². The average Bonchev–Trinajstić information content (AvgIpc) is 3.80. The first-order valence-corrected chi connectivity index (χ1v) is 23.0. The molecule has 0 aliphatic carbocycles. The van der Waals surface area contributed by atoms with Gasteiger partial charge in [0.2, 0.25) is 0 Å². The van der Waals surface area contributed by atoms with E-state index in [4.69, 9.17) is 13.9 Å². The van der Waals surface area contributed by atoms with Gasteiger partial charge in [-0.3, -0.25) is 0 Å². The first kappa shape index (κ1) is 42.0. The molecule has 0 spiro atoms. The van der Waals surface area contributed by atoms with E-state index < -0.39 is 0 Å². The number of aryl methyl sites for hydroxylation is 1. The zero-order valence-electron chi connectivity index (χ0n) is 37.2. The third kappa shape index (κ3) is 9.30. The summed E-state index contributed by atoms with van der Waals surface area (Å²) in [5.74, 6) is 3.18. The minimum absolute atomic E-state index is 0.591. The zero-order valence-corrected chi connectivity index (χ0v) is 37.2. The summed E-state index contributed by atoms with van der Waals surface area (Å²) in [6.45, 7) is 15.1. The van der Waals surface area contributed by atoms with Crippen molar-refractivity contribution in [3.63, 3.8) is 0 Å². The van der Waals surface area contributed by atoms with E-state index in [9.17, 15) is 0 Å². The van der Waals surface area contributed by atoms with Crippen molar-refractivity contribution in [2.75, 3.05) is 13.2 Å². The molecule has 8 aromatic rings. The van der Waals surface area contributed by atoms with Crippen LogP contribution in [0.2, 0.25) is 0 Å². The van der Waals surface area contributed by atoms with Crippen LogP contribution in [-0.4, -0.2) is 17.8 Å². The second kappa shape index (κ2) is 19.3. The molecular weight excluding hydrogens is 747 g/mol. The number of hydrogen-bond donors (Lipinski definition) is 0. The Morgan fingerprint density at radius 2 is 1.07 bits per heavy atom. The SMILES string of the molecule is CCCCC(CC)CCOc1ccc(-c2cc(-c3ccc(OCC(CC)CCCC)cc3)cc(-c3ccc4oc5ccc(-n6c(C)c(C)c7ccccc76)cc5c4c3)c2)cc1. The molecule has 0 radical (unpaired) electrons. The Hall–Kier alpha value is -5.74. The second-order valence-electron chi connectivity index (χ2n) is 17.2. The Kier molecular flexibility index (Phi) is 13.3. The molecule has 0 aliphatic rings. The molecule has 8 rings (SSSR count). The average molecular weight is 810 g/mol. The molecule has 2 aromatic heterocycles. The number of benzene rings is 6. The van der Waals surface area contributed by atoms with Crippen LogP contribution in [0.15, 0.2) is 132 Å². The molecule has 314 valence electrons. The van der Waals surface area contributed by atoms with Crippen molar-refractivity contribution >= 4 is 32.8 Å². The van der Waals surface area contributed by atoms with E-state index in [-0.39, 0.29) is 0 Å². The van der Waals surface area contributed by atoms with Crippen molar-refractivity contribution in [1.82, 2.24) is 4.57 Å². The lowest BCUT2D eigenvalue weighted by Crippen LogP contribution is -2.11. The highest BCUT2D eigenvalue weighted by Gasteiger charge is 2.16. The Bertz CT molecular complexity index is 2700. The van der Waals surface area contributed by atoms with Gasteiger partial charge in [0.05, 0.1) is 18.7 Å². The summed E-state index contributed by atoms with van der Waals surface area (Å²) in [6, 6.07) is 46.2. The van der Waals surface area contributed by atoms with Crippen LogP contribution in [-0.2, 0) is 0 Å². The lowest BCUT2D eigenvalue weighted by molar-refractivity contribution is 0.233. The van der Waals surface area contributed by atoms with Gasteiger partial charge in [-0.2, -0.15) is 0 Å². The van der Waals surface area contributed by atoms with E-state index in [1.54, 1.807) is 0 Å². The van der Waals surface area contributed by atoms with Crippen LogP contribution in [0, 0.1) is 25.7 Å². The Morgan fingerprint density at radius 3 is 1.70 bits per heavy atom. The van der Waals surface area contributed by atoms with Gasteiger partial charge in [-0.15, -0.1) is 0 Å². The molecular formula is C57H63NO3. The third-order valence-electron chi connectivity index (χ3n) is 13.1. The summed E-state index contributed by atoms with van der Waals surface area (Å²) in [5.41, 5.74) is 13.6. The summed E-state index contributed by atoms with van der Waals surface area (Å²) >= 11 is 0. The molecule has 0 saturated heterocycles. The largest absolute Gasteiger partial charge is 0.494 e. The van der Waals surface area contributed by atoms with Gasteiger partial charge in [0, 0.05) is 27.5 Å². The van der Waals surface area contributed by atoms with Crippen molar-refractivity contribution in [3.05, 3.63) is 139 Å². The van der Waals surface area contributed by atoms with Crippen molar-refractivity contribution in [2.24, 2.45) is 11.8 Å². The minimum atomic E-state index is 0.591. The number of para-hydroxylation sites is 1. The molecule has 6 aromatic carbocycles. The van der Waals surface area contributed by atoms with Crippen molar-refractivity contribution in [1.29, 1.82) is 0 Å². The van der Waals surface area contributed by atoms with Crippen LogP contribution >= 0.6 is 0 Å². The van der Waals surface area contributed by atoms with Gasteiger partial charge < -0.3 is 18.5 Å². The van der Waals surface area contributed by atoms with E-state index >= 15 is 0 Å². The van der Waals surface area contributed by atoms with Crippen LogP contribution in [0.1, 0.15) is 96.7 Å². The molecule has 2 unspecified atom stereocenters. The first-order chi connectivity index (χ1) is 29.9. The number of fused-ring (bicyclic) bond motifs is 4. The van der Waals surface area contributed by atoms with Gasteiger partial charge in [-0.05, 0) is 156 Å². The summed E-state index contributed by atoms with van der Waals surface area (Å²) in [4.78, 5) is 0. The van der Waals surface area contributed by atoms with Gasteiger partial charge >= 0.3 is 0 Å². The van der Waals surface area contributed by atoms with Gasteiger partial charge in [0.1, 0.15) is 22.7 Å². The number of rotatable bonds is 19. The predicted octanol–water partition coefficient (Wildman–Crippen LogP) is 16.7. The van der Waals surface area contributed by atoms with Crippen LogP contribution in [0.5, 0.6) is 11.5 Å². The molecule has 0 saturated carbocycles. The first-order valence-electron chi connectivity index (χ1n) is 23.0. The van der Waals surface area contributed by atoms with Gasteiger partial charge in [0.15, 0.2) is 0 Å². The number of furan rings is 1. The Labute approximate surface area is 363 Å². The van der Waals surface area contributed by atoms with E-state index in [0.29, 0.717) is 5.92 Å². The molecule has 0 aliphatic heterocycles. The highest BCUT2D eigenvalue weighted by molar-refractivity contribution is 6.07. The molecule has 0 bridgehead atoms. The molecule has 0 amide bonds. The van der Waals surface area contributed by atoms with E-state index in [0.717, 1.165) is 104 Å². The molecule has 2 heterocycles. The highest BCUT2D eigenvalue weighted by Crippen LogP contribution is 2.39. The summed E-state index contributed by atoms with van der Waals surface area (Å²) in [7, 11) is 0. The Balaban J connectivity index is 1.14. The van der Waals surface area contributed by atoms with Gasteiger partial charge in [-0.25, -0.2) is 0 Å². The number of hydrogen-bond acceptors (Lipinski definition) is 3. The second-order valence-corrected chi connectivity index (χ2v) is 17.2. The van der Waals surface area contributed by atoms with Crippen molar-refractivity contribution in [2.45, 2.75) is 99.3 Å². The van der Waals surface area contributed by atoms with Crippen LogP contribution in [0.4, 0.5) is 0 Å².